The topological polar surface area (TPSA) is 39.1 Å². The minimum atomic E-state index is 0.741. The third kappa shape index (κ3) is 3.26. The number of aryl methyl sites for hydroxylation is 2. The van der Waals surface area contributed by atoms with E-state index in [1.54, 1.807) is 7.11 Å². The molecule has 0 saturated carbocycles. The van der Waals surface area contributed by atoms with Crippen molar-refractivity contribution in [2.75, 3.05) is 20.3 Å². The molecule has 0 radical (unpaired) electrons. The van der Waals surface area contributed by atoms with Crippen molar-refractivity contribution >= 4 is 0 Å². The van der Waals surface area contributed by atoms with Crippen molar-refractivity contribution in [3.8, 4) is 5.69 Å². The van der Waals surface area contributed by atoms with Crippen molar-refractivity contribution in [3.63, 3.8) is 0 Å². The smallest absolute Gasteiger partial charge is 0.0997 e. The van der Waals surface area contributed by atoms with Gasteiger partial charge in [-0.2, -0.15) is 0 Å². The molecule has 0 atom stereocenters. The Hall–Kier alpha value is -1.65. The summed E-state index contributed by atoms with van der Waals surface area (Å²) >= 11 is 0. The van der Waals surface area contributed by atoms with Crippen molar-refractivity contribution in [3.05, 3.63) is 47.0 Å². The molecule has 0 saturated heterocycles. The molecule has 20 heavy (non-hydrogen) atoms. The molecule has 4 heteroatoms. The van der Waals surface area contributed by atoms with Crippen LogP contribution in [0.25, 0.3) is 5.69 Å². The molecule has 0 bridgehead atoms. The standard InChI is InChI=1S/C16H23N3O/c1-12-9-15(10-17-7-8-20-4)5-6-16(12)19-11-18-13(2)14(19)3/h5-6,9,11,17H,7-8,10H2,1-4H3. The summed E-state index contributed by atoms with van der Waals surface area (Å²) in [5.74, 6) is 0. The molecule has 0 amide bonds. The van der Waals surface area contributed by atoms with Crippen LogP contribution in [0.15, 0.2) is 24.5 Å². The van der Waals surface area contributed by atoms with Crippen LogP contribution in [0.4, 0.5) is 0 Å². The molecular weight excluding hydrogens is 250 g/mol. The van der Waals surface area contributed by atoms with Crippen LogP contribution in [0.1, 0.15) is 22.5 Å². The highest BCUT2D eigenvalue weighted by Crippen LogP contribution is 2.19. The summed E-state index contributed by atoms with van der Waals surface area (Å²) in [6.45, 7) is 8.76. The van der Waals surface area contributed by atoms with Crippen LogP contribution in [0.5, 0.6) is 0 Å². The van der Waals surface area contributed by atoms with Gasteiger partial charge in [0, 0.05) is 31.6 Å². The first-order valence-electron chi connectivity index (χ1n) is 6.93. The first-order valence-corrected chi connectivity index (χ1v) is 6.93. The second-order valence-electron chi connectivity index (χ2n) is 5.08. The molecule has 0 aliphatic rings. The number of ether oxygens (including phenoxy) is 1. The van der Waals surface area contributed by atoms with Gasteiger partial charge in [-0.1, -0.05) is 12.1 Å². The third-order valence-corrected chi connectivity index (χ3v) is 3.58. The molecule has 2 aromatic rings. The normalized spacial score (nSPS) is 11.0. The number of nitrogens with zero attached hydrogens (tertiary/aromatic N) is 2. The summed E-state index contributed by atoms with van der Waals surface area (Å²) in [4.78, 5) is 4.36. The molecule has 1 aromatic carbocycles. The van der Waals surface area contributed by atoms with Gasteiger partial charge in [0.1, 0.15) is 0 Å². The molecule has 0 unspecified atom stereocenters. The Morgan fingerprint density at radius 3 is 2.65 bits per heavy atom. The number of hydrogen-bond acceptors (Lipinski definition) is 3. The average molecular weight is 273 g/mol. The largest absolute Gasteiger partial charge is 0.383 e. The number of nitrogens with one attached hydrogen (secondary N) is 1. The van der Waals surface area contributed by atoms with Gasteiger partial charge in [-0.15, -0.1) is 0 Å². The molecule has 4 nitrogen and oxygen atoms in total. The van der Waals surface area contributed by atoms with Crippen molar-refractivity contribution in [2.24, 2.45) is 0 Å². The first-order chi connectivity index (χ1) is 9.63. The molecule has 0 spiro atoms. The minimum Gasteiger partial charge on any atom is -0.383 e. The molecule has 108 valence electrons. The van der Waals surface area contributed by atoms with E-state index in [-0.39, 0.29) is 0 Å². The monoisotopic (exact) mass is 273 g/mol. The molecule has 0 fully saturated rings. The van der Waals surface area contributed by atoms with E-state index in [0.717, 1.165) is 25.4 Å². The Bertz CT molecular complexity index is 575. The highest BCUT2D eigenvalue weighted by Gasteiger charge is 2.07. The van der Waals surface area contributed by atoms with Gasteiger partial charge in [-0.25, -0.2) is 4.98 Å². The van der Waals surface area contributed by atoms with Crippen LogP contribution in [0, 0.1) is 20.8 Å². The summed E-state index contributed by atoms with van der Waals surface area (Å²) in [6, 6.07) is 6.55. The van der Waals surface area contributed by atoms with E-state index in [9.17, 15) is 0 Å². The summed E-state index contributed by atoms with van der Waals surface area (Å²) in [6.07, 6.45) is 1.89. The predicted molar refractivity (Wildman–Crippen MR) is 81.4 cm³/mol. The van der Waals surface area contributed by atoms with Gasteiger partial charge in [0.25, 0.3) is 0 Å². The molecule has 1 N–H and O–H groups in total. The lowest BCUT2D eigenvalue weighted by Crippen LogP contribution is -2.18. The van der Waals surface area contributed by atoms with Crippen molar-refractivity contribution < 1.29 is 4.74 Å². The Kier molecular flexibility index (Phi) is 4.93. The maximum Gasteiger partial charge on any atom is 0.0997 e. The van der Waals surface area contributed by atoms with Crippen molar-refractivity contribution in [2.45, 2.75) is 27.3 Å². The van der Waals surface area contributed by atoms with E-state index >= 15 is 0 Å². The van der Waals surface area contributed by atoms with E-state index in [4.69, 9.17) is 4.74 Å². The SMILES string of the molecule is COCCNCc1ccc(-n2cnc(C)c2C)c(C)c1. The van der Waals surface area contributed by atoms with Crippen LogP contribution in [0.3, 0.4) is 0 Å². The zero-order valence-electron chi connectivity index (χ0n) is 12.7. The van der Waals surface area contributed by atoms with E-state index < -0.39 is 0 Å². The van der Waals surface area contributed by atoms with Crippen LogP contribution < -0.4 is 5.32 Å². The summed E-state index contributed by atoms with van der Waals surface area (Å²) in [5, 5.41) is 3.36. The highest BCUT2D eigenvalue weighted by atomic mass is 16.5. The summed E-state index contributed by atoms with van der Waals surface area (Å²) < 4.78 is 7.17. The van der Waals surface area contributed by atoms with E-state index in [1.807, 2.05) is 13.3 Å². The number of methoxy groups -OCH3 is 1. The van der Waals surface area contributed by atoms with Crippen molar-refractivity contribution in [1.29, 1.82) is 0 Å². The Balaban J connectivity index is 2.12. The fraction of sp³-hybridized carbons (Fsp3) is 0.438. The lowest BCUT2D eigenvalue weighted by atomic mass is 10.1. The van der Waals surface area contributed by atoms with E-state index in [1.165, 1.54) is 22.5 Å². The van der Waals surface area contributed by atoms with Crippen molar-refractivity contribution in [1.82, 2.24) is 14.9 Å². The van der Waals surface area contributed by atoms with Gasteiger partial charge in [-0.05, 0) is 38.0 Å². The van der Waals surface area contributed by atoms with E-state index in [0.29, 0.717) is 0 Å². The summed E-state index contributed by atoms with van der Waals surface area (Å²) in [5.41, 5.74) is 6.02. The van der Waals surface area contributed by atoms with Crippen LogP contribution in [-0.2, 0) is 11.3 Å². The molecule has 0 aliphatic heterocycles. The molecular formula is C16H23N3O. The molecule has 1 heterocycles. The quantitative estimate of drug-likeness (QED) is 0.822. The van der Waals surface area contributed by atoms with Crippen LogP contribution >= 0.6 is 0 Å². The number of rotatable bonds is 6. The maximum absolute atomic E-state index is 5.02. The Labute approximate surface area is 120 Å². The van der Waals surface area contributed by atoms with E-state index in [2.05, 4.69) is 46.9 Å². The Morgan fingerprint density at radius 2 is 2.05 bits per heavy atom. The highest BCUT2D eigenvalue weighted by molar-refractivity contribution is 5.44. The molecule has 1 aromatic heterocycles. The lowest BCUT2D eigenvalue weighted by Gasteiger charge is -2.12. The minimum absolute atomic E-state index is 0.741. The van der Waals surface area contributed by atoms with Gasteiger partial charge in [0.2, 0.25) is 0 Å². The molecule has 2 rings (SSSR count). The predicted octanol–water partition coefficient (Wildman–Crippen LogP) is 2.53. The first kappa shape index (κ1) is 14.8. The second-order valence-corrected chi connectivity index (χ2v) is 5.08. The number of benzene rings is 1. The number of imidazole rings is 1. The van der Waals surface area contributed by atoms with Gasteiger partial charge in [-0.3, -0.25) is 0 Å². The van der Waals surface area contributed by atoms with Gasteiger partial charge >= 0.3 is 0 Å². The fourth-order valence-electron chi connectivity index (χ4n) is 2.25. The lowest BCUT2D eigenvalue weighted by molar-refractivity contribution is 0.199. The fourth-order valence-corrected chi connectivity index (χ4v) is 2.25. The number of hydrogen-bond donors (Lipinski definition) is 1. The van der Waals surface area contributed by atoms with Gasteiger partial charge in [0.05, 0.1) is 18.6 Å². The third-order valence-electron chi connectivity index (χ3n) is 3.58. The molecule has 0 aliphatic carbocycles. The zero-order valence-corrected chi connectivity index (χ0v) is 12.7. The number of aromatic nitrogens is 2. The van der Waals surface area contributed by atoms with Gasteiger partial charge in [0.15, 0.2) is 0 Å². The van der Waals surface area contributed by atoms with Crippen LogP contribution in [-0.4, -0.2) is 29.8 Å². The van der Waals surface area contributed by atoms with Crippen LogP contribution in [0.2, 0.25) is 0 Å². The summed E-state index contributed by atoms with van der Waals surface area (Å²) in [7, 11) is 1.72. The zero-order chi connectivity index (χ0) is 14.5. The second kappa shape index (κ2) is 6.68. The maximum atomic E-state index is 5.02. The average Bonchev–Trinajstić information content (AvgIpc) is 2.76. The van der Waals surface area contributed by atoms with Gasteiger partial charge < -0.3 is 14.6 Å². The Morgan fingerprint density at radius 1 is 1.25 bits per heavy atom.